The minimum atomic E-state index is 0.466. The van der Waals surface area contributed by atoms with E-state index in [2.05, 4.69) is 13.5 Å². The molecule has 0 amide bonds. The highest BCUT2D eigenvalue weighted by Crippen LogP contribution is 2.26. The number of allylic oxidation sites excluding steroid dienone is 1. The van der Waals surface area contributed by atoms with Gasteiger partial charge in [-0.2, -0.15) is 0 Å². The second kappa shape index (κ2) is 5.43. The third-order valence-electron chi connectivity index (χ3n) is 3.02. The fourth-order valence-corrected chi connectivity index (χ4v) is 2.27. The molecule has 1 aliphatic rings. The Kier molecular flexibility index (Phi) is 4.51. The Morgan fingerprint density at radius 1 is 1.23 bits per heavy atom. The Morgan fingerprint density at radius 2 is 1.92 bits per heavy atom. The predicted octanol–water partition coefficient (Wildman–Crippen LogP) is 3.25. The molecular weight excluding hydrogens is 158 g/mol. The van der Waals surface area contributed by atoms with Crippen LogP contribution in [0.2, 0.25) is 0 Å². The summed E-state index contributed by atoms with van der Waals surface area (Å²) in [5, 5.41) is 0. The van der Waals surface area contributed by atoms with Crippen LogP contribution < -0.4 is 5.73 Å². The molecular formula is C12H23N. The first-order valence-corrected chi connectivity index (χ1v) is 5.58. The minimum Gasteiger partial charge on any atom is -0.328 e. The lowest BCUT2D eigenvalue weighted by molar-refractivity contribution is 0.353. The molecule has 1 nitrogen and oxygen atoms in total. The van der Waals surface area contributed by atoms with Crippen molar-refractivity contribution < 1.29 is 0 Å². The summed E-state index contributed by atoms with van der Waals surface area (Å²) in [5.74, 6) is 0.865. The summed E-state index contributed by atoms with van der Waals surface area (Å²) in [6, 6.07) is 0.466. The first-order chi connectivity index (χ1) is 6.18. The molecule has 0 aliphatic heterocycles. The van der Waals surface area contributed by atoms with Crippen LogP contribution >= 0.6 is 0 Å². The van der Waals surface area contributed by atoms with Crippen molar-refractivity contribution in [1.29, 1.82) is 0 Å². The van der Waals surface area contributed by atoms with E-state index >= 15 is 0 Å². The molecule has 1 rings (SSSR count). The maximum absolute atomic E-state index is 5.97. The van der Waals surface area contributed by atoms with Crippen LogP contribution in [0.25, 0.3) is 0 Å². The molecule has 76 valence electrons. The van der Waals surface area contributed by atoms with Crippen molar-refractivity contribution in [1.82, 2.24) is 0 Å². The fourth-order valence-electron chi connectivity index (χ4n) is 2.27. The Morgan fingerprint density at radius 3 is 2.62 bits per heavy atom. The van der Waals surface area contributed by atoms with Gasteiger partial charge >= 0.3 is 0 Å². The Labute approximate surface area is 82.4 Å². The summed E-state index contributed by atoms with van der Waals surface area (Å²) in [6.07, 6.45) is 9.07. The van der Waals surface area contributed by atoms with Gasteiger partial charge in [-0.3, -0.25) is 0 Å². The van der Waals surface area contributed by atoms with Crippen molar-refractivity contribution in [2.45, 2.75) is 57.9 Å². The second-order valence-electron chi connectivity index (χ2n) is 4.65. The van der Waals surface area contributed by atoms with Gasteiger partial charge in [0.15, 0.2) is 0 Å². The van der Waals surface area contributed by atoms with E-state index in [0.717, 1.165) is 5.92 Å². The normalized spacial score (nSPS) is 30.6. The highest BCUT2D eigenvalue weighted by Gasteiger charge is 2.14. The highest BCUT2D eigenvalue weighted by atomic mass is 14.6. The van der Waals surface area contributed by atoms with Gasteiger partial charge < -0.3 is 5.73 Å². The molecule has 0 radical (unpaired) electrons. The van der Waals surface area contributed by atoms with Crippen molar-refractivity contribution in [3.63, 3.8) is 0 Å². The molecule has 0 heterocycles. The van der Waals surface area contributed by atoms with Crippen LogP contribution in [0.1, 0.15) is 51.9 Å². The molecule has 1 aliphatic carbocycles. The molecule has 1 saturated carbocycles. The molecule has 0 saturated heterocycles. The fraction of sp³-hybridized carbons (Fsp3) is 0.833. The van der Waals surface area contributed by atoms with Crippen LogP contribution in [0.3, 0.4) is 0 Å². The average molecular weight is 181 g/mol. The summed E-state index contributed by atoms with van der Waals surface area (Å²) in [7, 11) is 0. The summed E-state index contributed by atoms with van der Waals surface area (Å²) in [4.78, 5) is 0. The zero-order valence-corrected chi connectivity index (χ0v) is 8.89. The van der Waals surface area contributed by atoms with Gasteiger partial charge in [-0.25, -0.2) is 0 Å². The van der Waals surface area contributed by atoms with E-state index in [1.54, 1.807) is 0 Å². The lowest BCUT2D eigenvalue weighted by Crippen LogP contribution is -2.22. The molecule has 2 N–H and O–H groups in total. The van der Waals surface area contributed by atoms with Crippen LogP contribution in [-0.2, 0) is 0 Å². The standard InChI is InChI=1S/C12H23N/c1-10(2)9-11-5-3-4-6-12(13)8-7-11/h11-12H,1,3-9,13H2,2H3. The van der Waals surface area contributed by atoms with E-state index in [4.69, 9.17) is 5.73 Å². The topological polar surface area (TPSA) is 26.0 Å². The molecule has 0 aromatic heterocycles. The molecule has 1 fully saturated rings. The van der Waals surface area contributed by atoms with Gasteiger partial charge in [-0.05, 0) is 38.5 Å². The lowest BCUT2D eigenvalue weighted by Gasteiger charge is -2.22. The van der Waals surface area contributed by atoms with Gasteiger partial charge in [0.25, 0.3) is 0 Å². The van der Waals surface area contributed by atoms with Crippen LogP contribution in [0.4, 0.5) is 0 Å². The molecule has 0 bridgehead atoms. The Hall–Kier alpha value is -0.300. The van der Waals surface area contributed by atoms with E-state index < -0.39 is 0 Å². The van der Waals surface area contributed by atoms with Crippen molar-refractivity contribution in [2.24, 2.45) is 11.7 Å². The molecule has 0 aromatic rings. The number of hydrogen-bond acceptors (Lipinski definition) is 1. The minimum absolute atomic E-state index is 0.466. The predicted molar refractivity (Wildman–Crippen MR) is 58.6 cm³/mol. The third kappa shape index (κ3) is 4.47. The smallest absolute Gasteiger partial charge is 0.00389 e. The van der Waals surface area contributed by atoms with Crippen molar-refractivity contribution in [3.05, 3.63) is 12.2 Å². The Bertz CT molecular complexity index is 163. The van der Waals surface area contributed by atoms with Gasteiger partial charge in [-0.1, -0.05) is 24.8 Å². The third-order valence-corrected chi connectivity index (χ3v) is 3.02. The average Bonchev–Trinajstić information content (AvgIpc) is 2.03. The molecule has 0 spiro atoms. The highest BCUT2D eigenvalue weighted by molar-refractivity contribution is 4.90. The molecule has 0 aromatic carbocycles. The molecule has 2 atom stereocenters. The Balaban J connectivity index is 2.32. The van der Waals surface area contributed by atoms with Crippen molar-refractivity contribution in [3.8, 4) is 0 Å². The number of hydrogen-bond donors (Lipinski definition) is 1. The van der Waals surface area contributed by atoms with E-state index in [0.29, 0.717) is 6.04 Å². The van der Waals surface area contributed by atoms with Crippen LogP contribution in [0.15, 0.2) is 12.2 Å². The maximum Gasteiger partial charge on any atom is 0.00389 e. The monoisotopic (exact) mass is 181 g/mol. The molecule has 13 heavy (non-hydrogen) atoms. The van der Waals surface area contributed by atoms with E-state index in [1.165, 1.54) is 50.5 Å². The van der Waals surface area contributed by atoms with Crippen LogP contribution in [-0.4, -0.2) is 6.04 Å². The van der Waals surface area contributed by atoms with E-state index in [1.807, 2.05) is 0 Å². The summed E-state index contributed by atoms with van der Waals surface area (Å²) < 4.78 is 0. The molecule has 1 heteroatoms. The first kappa shape index (κ1) is 10.8. The first-order valence-electron chi connectivity index (χ1n) is 5.58. The quantitative estimate of drug-likeness (QED) is 0.650. The van der Waals surface area contributed by atoms with E-state index in [-0.39, 0.29) is 0 Å². The van der Waals surface area contributed by atoms with Gasteiger partial charge in [-0.15, -0.1) is 6.58 Å². The van der Waals surface area contributed by atoms with Crippen LogP contribution in [0.5, 0.6) is 0 Å². The maximum atomic E-state index is 5.97. The van der Waals surface area contributed by atoms with Crippen LogP contribution in [0, 0.1) is 5.92 Å². The number of rotatable bonds is 2. The number of nitrogens with two attached hydrogens (primary N) is 1. The SMILES string of the molecule is C=C(C)CC1CCCCC(N)CC1. The lowest BCUT2D eigenvalue weighted by atomic mass is 9.86. The van der Waals surface area contributed by atoms with Gasteiger partial charge in [0, 0.05) is 6.04 Å². The van der Waals surface area contributed by atoms with Gasteiger partial charge in [0.05, 0.1) is 0 Å². The molecule has 2 unspecified atom stereocenters. The summed E-state index contributed by atoms with van der Waals surface area (Å²) in [5.41, 5.74) is 7.31. The van der Waals surface area contributed by atoms with Gasteiger partial charge in [0.2, 0.25) is 0 Å². The van der Waals surface area contributed by atoms with Crippen molar-refractivity contribution in [2.75, 3.05) is 0 Å². The summed E-state index contributed by atoms with van der Waals surface area (Å²) >= 11 is 0. The van der Waals surface area contributed by atoms with Gasteiger partial charge in [0.1, 0.15) is 0 Å². The van der Waals surface area contributed by atoms with Crippen molar-refractivity contribution >= 4 is 0 Å². The zero-order valence-electron chi connectivity index (χ0n) is 8.89. The largest absolute Gasteiger partial charge is 0.328 e. The zero-order chi connectivity index (χ0) is 9.68. The van der Waals surface area contributed by atoms with E-state index in [9.17, 15) is 0 Å². The summed E-state index contributed by atoms with van der Waals surface area (Å²) in [6.45, 7) is 6.13. The second-order valence-corrected chi connectivity index (χ2v) is 4.65.